The van der Waals surface area contributed by atoms with E-state index in [0.29, 0.717) is 36.4 Å². The first-order chi connectivity index (χ1) is 45.5. The molecule has 0 aliphatic carbocycles. The van der Waals surface area contributed by atoms with Gasteiger partial charge in [-0.05, 0) is 72.8 Å². The lowest BCUT2D eigenvalue weighted by molar-refractivity contribution is -0.0345. The summed E-state index contributed by atoms with van der Waals surface area (Å²) in [5, 5.41) is 232. The van der Waals surface area contributed by atoms with Gasteiger partial charge < -0.3 is 136 Å². The third-order valence-electron chi connectivity index (χ3n) is 16.4. The van der Waals surface area contributed by atoms with E-state index in [2.05, 4.69) is 0 Å². The molecule has 494 valence electrons. The molecule has 0 fully saturated rings. The predicted octanol–water partition coefficient (Wildman–Crippen LogP) is 7.39. The number of aromatic hydroxyl groups is 21. The molecular formula is C66H50O30. The molecule has 3 aliphatic heterocycles. The quantitative estimate of drug-likeness (QED) is 0.0341. The zero-order valence-electron chi connectivity index (χ0n) is 48.4. The smallest absolute Gasteiger partial charge is 0.338 e. The normalized spacial score (nSPS) is 19.2. The van der Waals surface area contributed by atoms with Crippen LogP contribution in [-0.2, 0) is 20.6 Å². The highest BCUT2D eigenvalue weighted by Crippen LogP contribution is 2.64. The minimum atomic E-state index is -2.27. The van der Waals surface area contributed by atoms with Crippen LogP contribution in [0, 0.1) is 0 Å². The minimum absolute atomic E-state index is 0.160. The maximum absolute atomic E-state index is 14.9. The third kappa shape index (κ3) is 10.8. The molecule has 9 aromatic carbocycles. The van der Waals surface area contributed by atoms with Crippen molar-refractivity contribution in [2.75, 3.05) is 0 Å². The fourth-order valence-electron chi connectivity index (χ4n) is 12.0. The van der Waals surface area contributed by atoms with E-state index < -0.39 is 255 Å². The van der Waals surface area contributed by atoms with Gasteiger partial charge in [-0.15, -0.1) is 0 Å². The van der Waals surface area contributed by atoms with Gasteiger partial charge in [-0.2, -0.15) is 0 Å². The van der Waals surface area contributed by atoms with Crippen molar-refractivity contribution < 1.29 is 150 Å². The van der Waals surface area contributed by atoms with Crippen LogP contribution < -0.4 is 14.2 Å². The average molecular weight is 1320 g/mol. The molecule has 0 aromatic heterocycles. The van der Waals surface area contributed by atoms with Crippen molar-refractivity contribution >= 4 is 17.9 Å². The van der Waals surface area contributed by atoms with E-state index in [1.54, 1.807) is 0 Å². The van der Waals surface area contributed by atoms with Gasteiger partial charge in [0.1, 0.15) is 57.8 Å². The van der Waals surface area contributed by atoms with Gasteiger partial charge in [0, 0.05) is 75.2 Å². The van der Waals surface area contributed by atoms with Gasteiger partial charge in [-0.1, -0.05) is 18.2 Å². The number of fused-ring (bicyclic) bond motifs is 3. The Morgan fingerprint density at radius 2 is 0.656 bits per heavy atom. The van der Waals surface area contributed by atoms with Gasteiger partial charge in [-0.3, -0.25) is 0 Å². The van der Waals surface area contributed by atoms with E-state index in [1.165, 1.54) is 6.07 Å². The fourth-order valence-corrected chi connectivity index (χ4v) is 12.0. The maximum atomic E-state index is 14.9. The summed E-state index contributed by atoms with van der Waals surface area (Å²) in [7, 11) is 0. The molecule has 30 nitrogen and oxygen atoms in total. The van der Waals surface area contributed by atoms with E-state index in [9.17, 15) is 122 Å². The summed E-state index contributed by atoms with van der Waals surface area (Å²) in [6.45, 7) is 0. The van der Waals surface area contributed by atoms with Crippen LogP contribution in [0.15, 0.2) is 115 Å². The molecule has 21 N–H and O–H groups in total. The molecule has 0 radical (unpaired) electrons. The Morgan fingerprint density at radius 1 is 0.312 bits per heavy atom. The van der Waals surface area contributed by atoms with Crippen LogP contribution in [0.5, 0.6) is 138 Å². The van der Waals surface area contributed by atoms with Crippen LogP contribution in [0.25, 0.3) is 0 Å². The summed E-state index contributed by atoms with van der Waals surface area (Å²) >= 11 is 0. The number of phenols is 21. The molecule has 30 heteroatoms. The second-order valence-corrected chi connectivity index (χ2v) is 22.4. The molecule has 7 unspecified atom stereocenters. The Labute approximate surface area is 535 Å². The molecule has 8 atom stereocenters. The number of esters is 3. The summed E-state index contributed by atoms with van der Waals surface area (Å²) in [4.78, 5) is 43.7. The highest BCUT2D eigenvalue weighted by atomic mass is 16.6. The van der Waals surface area contributed by atoms with Crippen molar-refractivity contribution in [1.82, 2.24) is 0 Å². The molecule has 0 saturated carbocycles. The lowest BCUT2D eigenvalue weighted by atomic mass is 9.73. The molecule has 12 rings (SSSR count). The molecular weight excluding hydrogens is 1270 g/mol. The van der Waals surface area contributed by atoms with Crippen molar-refractivity contribution in [2.24, 2.45) is 0 Å². The lowest BCUT2D eigenvalue weighted by Gasteiger charge is -2.44. The first-order valence-corrected chi connectivity index (χ1v) is 28.1. The minimum Gasteiger partial charge on any atom is -0.508 e. The van der Waals surface area contributed by atoms with Crippen LogP contribution in [0.1, 0.15) is 106 Å². The molecule has 0 spiro atoms. The number of phenolic OH excluding ortho intramolecular Hbond substituents is 21. The SMILES string of the molecule is O=C(OC1C(c2ccc(O)c(O)c2)Oc2cc(O)cc(O)c2C1c1c(O)cc(O)c2c1OC(c1ccc(O)c(O)c1)C(OC(=O)c1cc(O)c(O)c(O)c1)C2c1c(O)cc(O)c2c1O[C@H](c1ccc(O)c(O)c1)C(OC(=O)c1cc(O)c(O)c(O)c1)C2)c1cc(O)c(O)c(O)c1. The van der Waals surface area contributed by atoms with Crippen LogP contribution in [0.2, 0.25) is 0 Å². The Balaban J connectivity index is 1.16. The van der Waals surface area contributed by atoms with Gasteiger partial charge in [-0.25, -0.2) is 14.4 Å². The number of benzene rings is 9. The standard InChI is InChI=1S/C66H50O30/c67-27-16-36(75)48-46(17-27)91-58(22-2-5-30(69)34(73)8-22)62(95-65(89)25-12-42(81)55(86)43(82)13-25)52(48)50-38(77)20-39(78)51-53(63(96-66(90)26-14-44(83)56(87)45(84)15-26)59(94-61(50)51)23-3-6-31(70)35(74)9-23)49-37(76)19-32(71)28-18-47(92-64(88)24-10-40(79)54(85)41(80)11-24)57(93-60(28)49)21-1-4-29(68)33(72)7-21/h1-17,19-20,47,52-53,57-59,62-63,67-87H,18H2/t47?,52?,53?,57-,58?,59?,62?,63?/m1/s1. The number of carbonyl (C=O) groups excluding carboxylic acids is 3. The summed E-state index contributed by atoms with van der Waals surface area (Å²) < 4.78 is 38.4. The molecule has 9 aromatic rings. The van der Waals surface area contributed by atoms with Crippen molar-refractivity contribution in [3.63, 3.8) is 0 Å². The van der Waals surface area contributed by atoms with Crippen LogP contribution in [0.4, 0.5) is 0 Å². The summed E-state index contributed by atoms with van der Waals surface area (Å²) in [5.41, 5.74) is -5.75. The Bertz CT molecular complexity index is 4680. The van der Waals surface area contributed by atoms with Crippen LogP contribution >= 0.6 is 0 Å². The zero-order valence-corrected chi connectivity index (χ0v) is 48.4. The monoisotopic (exact) mass is 1320 g/mol. The average Bonchev–Trinajstić information content (AvgIpc) is 0.711. The van der Waals surface area contributed by atoms with Gasteiger partial charge in [0.2, 0.25) is 0 Å². The fraction of sp³-hybridized carbons (Fsp3) is 0.136. The summed E-state index contributed by atoms with van der Waals surface area (Å²) in [5.74, 6) is -30.4. The molecule has 96 heavy (non-hydrogen) atoms. The highest BCUT2D eigenvalue weighted by Gasteiger charge is 2.54. The third-order valence-corrected chi connectivity index (χ3v) is 16.4. The van der Waals surface area contributed by atoms with E-state index in [1.807, 2.05) is 0 Å². The van der Waals surface area contributed by atoms with E-state index in [0.717, 1.165) is 72.8 Å². The van der Waals surface area contributed by atoms with Gasteiger partial charge in [0.15, 0.2) is 117 Å². The Morgan fingerprint density at radius 3 is 1.07 bits per heavy atom. The molecule has 0 saturated heterocycles. The number of hydrogen-bond acceptors (Lipinski definition) is 30. The first kappa shape index (κ1) is 62.8. The lowest BCUT2D eigenvalue weighted by Crippen LogP contribution is -2.42. The Hall–Kier alpha value is -13.4. The number of ether oxygens (including phenoxy) is 6. The van der Waals surface area contributed by atoms with E-state index in [-0.39, 0.29) is 16.7 Å². The van der Waals surface area contributed by atoms with Crippen LogP contribution in [0.3, 0.4) is 0 Å². The van der Waals surface area contributed by atoms with Gasteiger partial charge in [0.25, 0.3) is 0 Å². The topological polar surface area (TPSA) is 531 Å². The zero-order chi connectivity index (χ0) is 68.9. The van der Waals surface area contributed by atoms with Gasteiger partial charge in [0.05, 0.1) is 28.5 Å². The first-order valence-electron chi connectivity index (χ1n) is 28.1. The van der Waals surface area contributed by atoms with E-state index in [4.69, 9.17) is 28.4 Å². The highest BCUT2D eigenvalue weighted by molar-refractivity contribution is 5.93. The predicted molar refractivity (Wildman–Crippen MR) is 318 cm³/mol. The Kier molecular flexibility index (Phi) is 15.3. The molecule has 3 aliphatic rings. The summed E-state index contributed by atoms with van der Waals surface area (Å²) in [6, 6.07) is 16.1. The van der Waals surface area contributed by atoms with Crippen molar-refractivity contribution in [3.05, 3.63) is 176 Å². The van der Waals surface area contributed by atoms with Crippen molar-refractivity contribution in [1.29, 1.82) is 0 Å². The second-order valence-electron chi connectivity index (χ2n) is 22.4. The number of hydrogen-bond donors (Lipinski definition) is 21. The molecule has 0 amide bonds. The number of carbonyl (C=O) groups is 3. The largest absolute Gasteiger partial charge is 0.508 e. The van der Waals surface area contributed by atoms with Crippen molar-refractivity contribution in [2.45, 2.75) is 54.9 Å². The van der Waals surface area contributed by atoms with Crippen molar-refractivity contribution in [3.8, 4) is 138 Å². The summed E-state index contributed by atoms with van der Waals surface area (Å²) in [6.07, 6.45) is -12.7. The maximum Gasteiger partial charge on any atom is 0.338 e. The molecule has 3 heterocycles. The van der Waals surface area contributed by atoms with E-state index >= 15 is 0 Å². The van der Waals surface area contributed by atoms with Gasteiger partial charge >= 0.3 is 17.9 Å². The molecule has 0 bridgehead atoms. The number of rotatable bonds is 11. The second kappa shape index (κ2) is 23.4. The van der Waals surface area contributed by atoms with Crippen LogP contribution in [-0.4, -0.2) is 143 Å².